The molecule has 0 fully saturated rings. The second-order valence-electron chi connectivity index (χ2n) is 4.42. The van der Waals surface area contributed by atoms with E-state index >= 15 is 0 Å². The first kappa shape index (κ1) is 14.9. The number of hydrogen-bond donors (Lipinski definition) is 2. The van der Waals surface area contributed by atoms with Crippen molar-refractivity contribution in [3.05, 3.63) is 0 Å². The van der Waals surface area contributed by atoms with Crippen LogP contribution in [0.5, 0.6) is 0 Å². The van der Waals surface area contributed by atoms with Gasteiger partial charge in [-0.1, -0.05) is 27.7 Å². The number of aliphatic hydroxyl groups excluding tert-OH is 1. The van der Waals surface area contributed by atoms with Gasteiger partial charge in [-0.25, -0.2) is 0 Å². The summed E-state index contributed by atoms with van der Waals surface area (Å²) in [6.45, 7) is 12.2. The molecule has 1 unspecified atom stereocenters. The van der Waals surface area contributed by atoms with Crippen LogP contribution in [0, 0.1) is 0 Å². The average Bonchev–Trinajstić information content (AvgIpc) is 2.21. The lowest BCUT2D eigenvalue weighted by atomic mass is 10.2. The molecule has 0 aromatic rings. The van der Waals surface area contributed by atoms with Crippen LogP contribution < -0.4 is 5.32 Å². The summed E-state index contributed by atoms with van der Waals surface area (Å²) in [6, 6.07) is 0.694. The van der Waals surface area contributed by atoms with E-state index in [1.807, 2.05) is 0 Å². The van der Waals surface area contributed by atoms with Gasteiger partial charge in [0.15, 0.2) is 0 Å². The van der Waals surface area contributed by atoms with Gasteiger partial charge >= 0.3 is 0 Å². The third-order valence-corrected chi connectivity index (χ3v) is 2.57. The van der Waals surface area contributed by atoms with E-state index in [4.69, 9.17) is 0 Å². The minimum Gasteiger partial charge on any atom is -0.395 e. The predicted molar refractivity (Wildman–Crippen MR) is 66.2 cm³/mol. The van der Waals surface area contributed by atoms with Gasteiger partial charge in [-0.3, -0.25) is 0 Å². The molecule has 0 saturated heterocycles. The van der Waals surface area contributed by atoms with Crippen LogP contribution in [0.15, 0.2) is 0 Å². The summed E-state index contributed by atoms with van der Waals surface area (Å²) < 4.78 is 0. The normalized spacial score (nSPS) is 13.8. The Balaban J connectivity index is 3.76. The van der Waals surface area contributed by atoms with E-state index in [1.54, 1.807) is 0 Å². The Morgan fingerprint density at radius 2 is 1.87 bits per heavy atom. The average molecular weight is 216 g/mol. The Kier molecular flexibility index (Phi) is 9.06. The second kappa shape index (κ2) is 9.13. The van der Waals surface area contributed by atoms with Crippen molar-refractivity contribution in [3.8, 4) is 0 Å². The van der Waals surface area contributed by atoms with Crippen molar-refractivity contribution >= 4 is 0 Å². The third kappa shape index (κ3) is 7.77. The fourth-order valence-electron chi connectivity index (χ4n) is 1.78. The van der Waals surface area contributed by atoms with Crippen LogP contribution in [-0.4, -0.2) is 48.3 Å². The van der Waals surface area contributed by atoms with Crippen LogP contribution in [0.3, 0.4) is 0 Å². The van der Waals surface area contributed by atoms with Crippen LogP contribution in [0.2, 0.25) is 0 Å². The molecule has 3 heteroatoms. The molecule has 0 aliphatic heterocycles. The summed E-state index contributed by atoms with van der Waals surface area (Å²) in [7, 11) is 0. The summed E-state index contributed by atoms with van der Waals surface area (Å²) in [6.07, 6.45) is 2.23. The molecule has 0 rings (SSSR count). The first-order valence-corrected chi connectivity index (χ1v) is 6.23. The van der Waals surface area contributed by atoms with Gasteiger partial charge in [0, 0.05) is 12.1 Å². The van der Waals surface area contributed by atoms with Gasteiger partial charge in [0.05, 0.1) is 6.61 Å². The first-order chi connectivity index (χ1) is 7.13. The number of rotatable bonds is 9. The van der Waals surface area contributed by atoms with Gasteiger partial charge in [0.25, 0.3) is 0 Å². The SMILES string of the molecule is CCCN(CC)CCC(CO)NC(C)C. The Hall–Kier alpha value is -0.120. The molecule has 92 valence electrons. The zero-order chi connectivity index (χ0) is 11.7. The molecule has 0 radical (unpaired) electrons. The van der Waals surface area contributed by atoms with Crippen molar-refractivity contribution in [1.82, 2.24) is 10.2 Å². The number of hydrogen-bond acceptors (Lipinski definition) is 3. The topological polar surface area (TPSA) is 35.5 Å². The standard InChI is InChI=1S/C12H28N2O/c1-5-8-14(6-2)9-7-12(10-15)13-11(3)4/h11-13,15H,5-10H2,1-4H3. The number of aliphatic hydroxyl groups is 1. The zero-order valence-electron chi connectivity index (χ0n) is 10.8. The molecule has 1 atom stereocenters. The molecule has 0 aromatic carbocycles. The highest BCUT2D eigenvalue weighted by Crippen LogP contribution is 1.99. The molecular formula is C12H28N2O. The van der Waals surface area contributed by atoms with Crippen LogP contribution in [0.25, 0.3) is 0 Å². The molecule has 0 amide bonds. The highest BCUT2D eigenvalue weighted by atomic mass is 16.3. The maximum Gasteiger partial charge on any atom is 0.0585 e. The Morgan fingerprint density at radius 1 is 1.20 bits per heavy atom. The van der Waals surface area contributed by atoms with Gasteiger partial charge in [-0.05, 0) is 32.5 Å². The molecule has 0 saturated carbocycles. The van der Waals surface area contributed by atoms with Crippen molar-refractivity contribution in [2.24, 2.45) is 0 Å². The summed E-state index contributed by atoms with van der Waals surface area (Å²) in [4.78, 5) is 2.44. The molecule has 15 heavy (non-hydrogen) atoms. The summed E-state index contributed by atoms with van der Waals surface area (Å²) in [5.74, 6) is 0. The first-order valence-electron chi connectivity index (χ1n) is 6.23. The highest BCUT2D eigenvalue weighted by molar-refractivity contribution is 4.70. The molecule has 0 spiro atoms. The minimum absolute atomic E-state index is 0.238. The molecule has 0 aliphatic carbocycles. The third-order valence-electron chi connectivity index (χ3n) is 2.57. The monoisotopic (exact) mass is 216 g/mol. The van der Waals surface area contributed by atoms with Crippen molar-refractivity contribution in [1.29, 1.82) is 0 Å². The molecular weight excluding hydrogens is 188 g/mol. The van der Waals surface area contributed by atoms with Gasteiger partial charge < -0.3 is 15.3 Å². The van der Waals surface area contributed by atoms with Crippen molar-refractivity contribution in [3.63, 3.8) is 0 Å². The van der Waals surface area contributed by atoms with E-state index in [-0.39, 0.29) is 12.6 Å². The second-order valence-corrected chi connectivity index (χ2v) is 4.42. The molecule has 0 aliphatic rings. The molecule has 0 heterocycles. The van der Waals surface area contributed by atoms with Crippen molar-refractivity contribution in [2.45, 2.75) is 52.6 Å². The van der Waals surface area contributed by atoms with Gasteiger partial charge in [0.1, 0.15) is 0 Å². The highest BCUT2D eigenvalue weighted by Gasteiger charge is 2.10. The lowest BCUT2D eigenvalue weighted by Crippen LogP contribution is -2.40. The van der Waals surface area contributed by atoms with Crippen molar-refractivity contribution < 1.29 is 5.11 Å². The Labute approximate surface area is 94.9 Å². The van der Waals surface area contributed by atoms with Crippen molar-refractivity contribution in [2.75, 3.05) is 26.2 Å². The Morgan fingerprint density at radius 3 is 2.27 bits per heavy atom. The van der Waals surface area contributed by atoms with E-state index in [2.05, 4.69) is 37.9 Å². The van der Waals surface area contributed by atoms with Gasteiger partial charge in [-0.2, -0.15) is 0 Å². The lowest BCUT2D eigenvalue weighted by Gasteiger charge is -2.24. The van der Waals surface area contributed by atoms with Gasteiger partial charge in [0.2, 0.25) is 0 Å². The fourth-order valence-corrected chi connectivity index (χ4v) is 1.78. The molecule has 0 bridgehead atoms. The van der Waals surface area contributed by atoms with Crippen LogP contribution in [-0.2, 0) is 0 Å². The van der Waals surface area contributed by atoms with Gasteiger partial charge in [-0.15, -0.1) is 0 Å². The van der Waals surface area contributed by atoms with E-state index < -0.39 is 0 Å². The van der Waals surface area contributed by atoms with E-state index in [0.29, 0.717) is 6.04 Å². The minimum atomic E-state index is 0.238. The smallest absolute Gasteiger partial charge is 0.0585 e. The fraction of sp³-hybridized carbons (Fsp3) is 1.00. The van der Waals surface area contributed by atoms with Crippen LogP contribution >= 0.6 is 0 Å². The zero-order valence-corrected chi connectivity index (χ0v) is 10.8. The lowest BCUT2D eigenvalue weighted by molar-refractivity contribution is 0.203. The van der Waals surface area contributed by atoms with E-state index in [0.717, 1.165) is 26.1 Å². The number of nitrogens with zero attached hydrogens (tertiary/aromatic N) is 1. The molecule has 3 nitrogen and oxygen atoms in total. The maximum absolute atomic E-state index is 9.21. The largest absolute Gasteiger partial charge is 0.395 e. The van der Waals surface area contributed by atoms with E-state index in [1.165, 1.54) is 6.42 Å². The Bertz CT molecular complexity index is 140. The van der Waals surface area contributed by atoms with E-state index in [9.17, 15) is 5.11 Å². The predicted octanol–water partition coefficient (Wildman–Crippen LogP) is 1.47. The summed E-state index contributed by atoms with van der Waals surface area (Å²) >= 11 is 0. The number of nitrogens with one attached hydrogen (secondary N) is 1. The maximum atomic E-state index is 9.21. The van der Waals surface area contributed by atoms with Crippen LogP contribution in [0.4, 0.5) is 0 Å². The molecule has 2 N–H and O–H groups in total. The summed E-state index contributed by atoms with van der Waals surface area (Å²) in [5, 5.41) is 12.6. The quantitative estimate of drug-likeness (QED) is 0.612. The molecule has 0 aromatic heterocycles. The van der Waals surface area contributed by atoms with Crippen LogP contribution in [0.1, 0.15) is 40.5 Å². The summed E-state index contributed by atoms with van der Waals surface area (Å²) in [5.41, 5.74) is 0.